The lowest BCUT2D eigenvalue weighted by Crippen LogP contribution is -2.32. The van der Waals surface area contributed by atoms with E-state index in [2.05, 4.69) is 0 Å². The number of hydrogen-bond acceptors (Lipinski definition) is 4. The number of thioether (sulfide) groups is 1. The Hall–Kier alpha value is -2.45. The van der Waals surface area contributed by atoms with Gasteiger partial charge in [-0.05, 0) is 41.6 Å². The molecule has 0 saturated carbocycles. The van der Waals surface area contributed by atoms with Crippen molar-refractivity contribution in [2.45, 2.75) is 6.18 Å². The van der Waals surface area contributed by atoms with Crippen molar-refractivity contribution in [3.8, 4) is 5.75 Å². The monoisotopic (exact) mass is 427 g/mol. The molecule has 9 heteroatoms. The fourth-order valence-electron chi connectivity index (χ4n) is 2.52. The minimum atomic E-state index is -4.56. The summed E-state index contributed by atoms with van der Waals surface area (Å²) in [5.74, 6) is -0.250. The van der Waals surface area contributed by atoms with Crippen LogP contribution in [0.2, 0.25) is 5.02 Å². The number of imide groups is 1. The van der Waals surface area contributed by atoms with Gasteiger partial charge in [-0.3, -0.25) is 14.5 Å². The van der Waals surface area contributed by atoms with Crippen LogP contribution in [0.1, 0.15) is 11.1 Å². The van der Waals surface area contributed by atoms with Gasteiger partial charge in [-0.25, -0.2) is 0 Å². The number of amides is 2. The molecule has 2 aromatic rings. The lowest BCUT2D eigenvalue weighted by molar-refractivity contribution is -0.137. The molecule has 0 aliphatic carbocycles. The summed E-state index contributed by atoms with van der Waals surface area (Å²) in [6.45, 7) is -0.0393. The van der Waals surface area contributed by atoms with Crippen molar-refractivity contribution < 1.29 is 27.5 Å². The molecular formula is C19H13ClF3NO3S. The van der Waals surface area contributed by atoms with E-state index >= 15 is 0 Å². The van der Waals surface area contributed by atoms with E-state index in [1.165, 1.54) is 18.2 Å². The zero-order chi connectivity index (χ0) is 20.3. The van der Waals surface area contributed by atoms with E-state index in [1.807, 2.05) is 0 Å². The summed E-state index contributed by atoms with van der Waals surface area (Å²) in [7, 11) is 0. The third-order valence-electron chi connectivity index (χ3n) is 3.84. The average molecular weight is 428 g/mol. The second kappa shape index (κ2) is 8.28. The number of halogens is 4. The highest BCUT2D eigenvalue weighted by molar-refractivity contribution is 8.18. The van der Waals surface area contributed by atoms with Crippen molar-refractivity contribution >= 4 is 40.6 Å². The first-order valence-electron chi connectivity index (χ1n) is 8.06. The quantitative estimate of drug-likeness (QED) is 0.593. The first kappa shape index (κ1) is 20.3. The Morgan fingerprint density at radius 3 is 2.46 bits per heavy atom. The van der Waals surface area contributed by atoms with E-state index in [4.69, 9.17) is 16.3 Å². The van der Waals surface area contributed by atoms with Crippen LogP contribution in [0.25, 0.3) is 6.08 Å². The molecule has 1 aliphatic heterocycles. The second-order valence-corrected chi connectivity index (χ2v) is 7.10. The first-order valence-corrected chi connectivity index (χ1v) is 9.26. The molecule has 3 rings (SSSR count). The number of para-hydroxylation sites is 1. The SMILES string of the molecule is O=C1S/C(=C\c2ccccc2C(F)(F)F)C(=O)N1CCOc1ccccc1Cl. The Kier molecular flexibility index (Phi) is 6.00. The standard InChI is InChI=1S/C19H13ClF3NO3S/c20-14-7-3-4-8-15(14)27-10-9-24-17(25)16(28-18(24)26)11-12-5-1-2-6-13(12)19(21,22)23/h1-8,11H,9-10H2/b16-11-. The number of carbonyl (C=O) groups excluding carboxylic acids is 2. The van der Waals surface area contributed by atoms with Crippen molar-refractivity contribution in [3.63, 3.8) is 0 Å². The van der Waals surface area contributed by atoms with Gasteiger partial charge in [0.2, 0.25) is 0 Å². The van der Waals surface area contributed by atoms with Crippen LogP contribution >= 0.6 is 23.4 Å². The normalized spacial score (nSPS) is 16.1. The van der Waals surface area contributed by atoms with Gasteiger partial charge in [-0.1, -0.05) is 41.9 Å². The lowest BCUT2D eigenvalue weighted by Gasteiger charge is -2.14. The highest BCUT2D eigenvalue weighted by Gasteiger charge is 2.37. The number of carbonyl (C=O) groups is 2. The van der Waals surface area contributed by atoms with E-state index in [-0.39, 0.29) is 23.6 Å². The number of benzene rings is 2. The molecule has 0 unspecified atom stereocenters. The van der Waals surface area contributed by atoms with Crippen molar-refractivity contribution in [3.05, 3.63) is 69.6 Å². The summed E-state index contributed by atoms with van der Waals surface area (Å²) in [6.07, 6.45) is -3.48. The van der Waals surface area contributed by atoms with Gasteiger partial charge < -0.3 is 4.74 Å². The van der Waals surface area contributed by atoms with Crippen molar-refractivity contribution in [2.24, 2.45) is 0 Å². The third-order valence-corrected chi connectivity index (χ3v) is 5.06. The van der Waals surface area contributed by atoms with Crippen LogP contribution in [0.15, 0.2) is 53.4 Å². The molecule has 0 aromatic heterocycles. The number of ether oxygens (including phenoxy) is 1. The molecule has 0 radical (unpaired) electrons. The molecule has 0 N–H and O–H groups in total. The Labute approximate surface area is 167 Å². The summed E-state index contributed by atoms with van der Waals surface area (Å²) in [5.41, 5.74) is -1.04. The van der Waals surface area contributed by atoms with Crippen LogP contribution in [0.5, 0.6) is 5.75 Å². The molecule has 0 bridgehead atoms. The maximum atomic E-state index is 13.1. The summed E-state index contributed by atoms with van der Waals surface area (Å²) >= 11 is 6.56. The maximum Gasteiger partial charge on any atom is 0.416 e. The Bertz CT molecular complexity index is 946. The van der Waals surface area contributed by atoms with Crippen molar-refractivity contribution in [1.29, 1.82) is 0 Å². The number of nitrogens with zero attached hydrogens (tertiary/aromatic N) is 1. The molecule has 2 aromatic carbocycles. The van der Waals surface area contributed by atoms with Gasteiger partial charge in [-0.15, -0.1) is 0 Å². The van der Waals surface area contributed by atoms with Gasteiger partial charge in [0.05, 0.1) is 22.0 Å². The van der Waals surface area contributed by atoms with Gasteiger partial charge in [0, 0.05) is 0 Å². The summed E-state index contributed by atoms with van der Waals surface area (Å²) in [6, 6.07) is 11.6. The van der Waals surface area contributed by atoms with Gasteiger partial charge >= 0.3 is 6.18 Å². The lowest BCUT2D eigenvalue weighted by atomic mass is 10.1. The predicted octanol–water partition coefficient (Wildman–Crippen LogP) is 5.47. The van der Waals surface area contributed by atoms with E-state index in [9.17, 15) is 22.8 Å². The molecule has 2 amide bonds. The minimum Gasteiger partial charge on any atom is -0.490 e. The molecule has 0 spiro atoms. The molecule has 1 saturated heterocycles. The average Bonchev–Trinajstić information content (AvgIpc) is 2.90. The van der Waals surface area contributed by atoms with Gasteiger partial charge in [0.1, 0.15) is 12.4 Å². The second-order valence-electron chi connectivity index (χ2n) is 5.70. The van der Waals surface area contributed by atoms with Crippen LogP contribution in [0.3, 0.4) is 0 Å². The molecule has 146 valence electrons. The maximum absolute atomic E-state index is 13.1. The fourth-order valence-corrected chi connectivity index (χ4v) is 3.57. The molecule has 1 aliphatic rings. The van der Waals surface area contributed by atoms with E-state index < -0.39 is 22.9 Å². The van der Waals surface area contributed by atoms with Crippen LogP contribution in [0, 0.1) is 0 Å². The minimum absolute atomic E-state index is 0.00813. The largest absolute Gasteiger partial charge is 0.490 e. The molecule has 1 heterocycles. The predicted molar refractivity (Wildman–Crippen MR) is 101 cm³/mol. The van der Waals surface area contributed by atoms with Crippen LogP contribution in [0.4, 0.5) is 18.0 Å². The zero-order valence-corrected chi connectivity index (χ0v) is 15.8. The highest BCUT2D eigenvalue weighted by atomic mass is 35.5. The van der Waals surface area contributed by atoms with Crippen LogP contribution in [-0.4, -0.2) is 29.2 Å². The van der Waals surface area contributed by atoms with Crippen LogP contribution in [-0.2, 0) is 11.0 Å². The Balaban J connectivity index is 1.72. The van der Waals surface area contributed by atoms with Gasteiger partial charge in [0.25, 0.3) is 11.1 Å². The van der Waals surface area contributed by atoms with Crippen LogP contribution < -0.4 is 4.74 Å². The van der Waals surface area contributed by atoms with Crippen molar-refractivity contribution in [1.82, 2.24) is 4.90 Å². The van der Waals surface area contributed by atoms with Crippen molar-refractivity contribution in [2.75, 3.05) is 13.2 Å². The summed E-state index contributed by atoms with van der Waals surface area (Å²) < 4.78 is 44.8. The highest BCUT2D eigenvalue weighted by Crippen LogP contribution is 2.36. The van der Waals surface area contributed by atoms with Gasteiger partial charge in [-0.2, -0.15) is 13.2 Å². The molecule has 28 heavy (non-hydrogen) atoms. The Morgan fingerprint density at radius 2 is 1.75 bits per heavy atom. The van der Waals surface area contributed by atoms with Gasteiger partial charge in [0.15, 0.2) is 0 Å². The van der Waals surface area contributed by atoms with E-state index in [0.29, 0.717) is 22.5 Å². The zero-order valence-electron chi connectivity index (χ0n) is 14.2. The topological polar surface area (TPSA) is 46.6 Å². The van der Waals surface area contributed by atoms with E-state index in [1.54, 1.807) is 24.3 Å². The fraction of sp³-hybridized carbons (Fsp3) is 0.158. The summed E-state index contributed by atoms with van der Waals surface area (Å²) in [5, 5.41) is -0.177. The van der Waals surface area contributed by atoms with E-state index in [0.717, 1.165) is 17.0 Å². The Morgan fingerprint density at radius 1 is 1.07 bits per heavy atom. The number of rotatable bonds is 5. The first-order chi connectivity index (χ1) is 13.3. The molecule has 0 atom stereocenters. The number of alkyl halides is 3. The smallest absolute Gasteiger partial charge is 0.416 e. The molecule has 1 fully saturated rings. The third kappa shape index (κ3) is 4.51. The molecular weight excluding hydrogens is 415 g/mol. The molecule has 4 nitrogen and oxygen atoms in total. The number of hydrogen-bond donors (Lipinski definition) is 0. The summed E-state index contributed by atoms with van der Waals surface area (Å²) in [4.78, 5) is 25.4.